The summed E-state index contributed by atoms with van der Waals surface area (Å²) in [6.45, 7) is 1.91. The summed E-state index contributed by atoms with van der Waals surface area (Å²) in [4.78, 5) is 12.4. The minimum Gasteiger partial charge on any atom is -0.320 e. The average molecular weight is 527 g/mol. The Labute approximate surface area is 150 Å². The molecule has 0 atom stereocenters. The zero-order valence-electron chi connectivity index (χ0n) is 10.3. The van der Waals surface area contributed by atoms with Gasteiger partial charge >= 0.3 is 0 Å². The van der Waals surface area contributed by atoms with Crippen molar-refractivity contribution in [1.82, 2.24) is 0 Å². The number of hydrogen-bond acceptors (Lipinski definition) is 1. The summed E-state index contributed by atoms with van der Waals surface area (Å²) in [7, 11) is 0. The second-order valence-electron chi connectivity index (χ2n) is 4.16. The summed E-state index contributed by atoms with van der Waals surface area (Å²) in [5, 5.41) is 2.92. The molecule has 1 amide bonds. The summed E-state index contributed by atoms with van der Waals surface area (Å²) in [6.07, 6.45) is 0. The summed E-state index contributed by atoms with van der Waals surface area (Å²) in [5.41, 5.74) is 2.27. The van der Waals surface area contributed by atoms with Gasteiger partial charge in [0.15, 0.2) is 0 Å². The number of carbonyl (C=O) groups excluding carboxylic acids is 1. The highest BCUT2D eigenvalue weighted by Crippen LogP contribution is 2.34. The number of hydrogen-bond donors (Lipinski definition) is 1. The van der Waals surface area contributed by atoms with Crippen molar-refractivity contribution in [3.8, 4) is 0 Å². The lowest BCUT2D eigenvalue weighted by molar-refractivity contribution is 0.102. The molecule has 0 aliphatic carbocycles. The first kappa shape index (κ1) is 16.2. The molecule has 2 aromatic rings. The average Bonchev–Trinajstić information content (AvgIpc) is 2.36. The summed E-state index contributed by atoms with van der Waals surface area (Å²) in [6, 6.07) is 9.40. The van der Waals surface area contributed by atoms with Crippen molar-refractivity contribution in [2.24, 2.45) is 0 Å². The molecule has 1 N–H and O–H groups in total. The van der Waals surface area contributed by atoms with Gasteiger partial charge in [0.25, 0.3) is 5.91 Å². The highest BCUT2D eigenvalue weighted by molar-refractivity contribution is 9.11. The smallest absolute Gasteiger partial charge is 0.256 e. The monoisotopic (exact) mass is 523 g/mol. The van der Waals surface area contributed by atoms with Gasteiger partial charge in [-0.1, -0.05) is 37.9 Å². The van der Waals surface area contributed by atoms with Gasteiger partial charge in [-0.15, -0.1) is 0 Å². The standard InChI is InChI=1S/C14H9Br4NO/c1-7-2-3-8(15)4-10(7)14(20)19-13-11(17)5-9(16)6-12(13)18/h2-6H,1H3,(H,19,20). The third kappa shape index (κ3) is 3.72. The Bertz CT molecular complexity index is 662. The Kier molecular flexibility index (Phi) is 5.45. The van der Waals surface area contributed by atoms with Crippen LogP contribution in [0.15, 0.2) is 48.2 Å². The number of rotatable bonds is 2. The van der Waals surface area contributed by atoms with E-state index >= 15 is 0 Å². The predicted octanol–water partition coefficient (Wildman–Crippen LogP) is 6.30. The minimum absolute atomic E-state index is 0.146. The van der Waals surface area contributed by atoms with Gasteiger partial charge in [0, 0.05) is 23.5 Å². The van der Waals surface area contributed by atoms with Crippen molar-refractivity contribution in [2.45, 2.75) is 6.92 Å². The van der Waals surface area contributed by atoms with Crippen LogP contribution >= 0.6 is 63.7 Å². The van der Waals surface area contributed by atoms with Crippen LogP contribution in [0.2, 0.25) is 0 Å². The van der Waals surface area contributed by atoms with Crippen LogP contribution < -0.4 is 5.32 Å². The first-order valence-corrected chi connectivity index (χ1v) is 8.77. The van der Waals surface area contributed by atoms with Crippen LogP contribution in [0.4, 0.5) is 5.69 Å². The number of anilines is 1. The van der Waals surface area contributed by atoms with Gasteiger partial charge in [-0.05, 0) is 68.6 Å². The fraction of sp³-hybridized carbons (Fsp3) is 0.0714. The molecule has 0 aliphatic heterocycles. The van der Waals surface area contributed by atoms with E-state index in [2.05, 4.69) is 69.0 Å². The maximum Gasteiger partial charge on any atom is 0.256 e. The fourth-order valence-electron chi connectivity index (χ4n) is 1.68. The first-order valence-electron chi connectivity index (χ1n) is 5.60. The van der Waals surface area contributed by atoms with Gasteiger partial charge in [0.1, 0.15) is 0 Å². The highest BCUT2D eigenvalue weighted by Gasteiger charge is 2.14. The first-order chi connectivity index (χ1) is 9.38. The van der Waals surface area contributed by atoms with Crippen molar-refractivity contribution in [2.75, 3.05) is 5.32 Å². The van der Waals surface area contributed by atoms with Gasteiger partial charge in [-0.25, -0.2) is 0 Å². The van der Waals surface area contributed by atoms with Gasteiger partial charge in [0.05, 0.1) is 5.69 Å². The molecule has 0 fully saturated rings. The van der Waals surface area contributed by atoms with E-state index < -0.39 is 0 Å². The largest absolute Gasteiger partial charge is 0.320 e. The van der Waals surface area contributed by atoms with E-state index in [0.29, 0.717) is 11.3 Å². The van der Waals surface area contributed by atoms with Crippen LogP contribution in [0.3, 0.4) is 0 Å². The zero-order valence-corrected chi connectivity index (χ0v) is 16.7. The quantitative estimate of drug-likeness (QED) is 0.489. The van der Waals surface area contributed by atoms with Gasteiger partial charge in [-0.3, -0.25) is 4.79 Å². The normalized spacial score (nSPS) is 10.4. The molecule has 0 aliphatic rings. The molecule has 0 aromatic heterocycles. The molecular formula is C14H9Br4NO. The van der Waals surface area contributed by atoms with E-state index in [9.17, 15) is 4.79 Å². The molecule has 0 bridgehead atoms. The molecule has 20 heavy (non-hydrogen) atoms. The zero-order chi connectivity index (χ0) is 14.9. The molecule has 0 unspecified atom stereocenters. The number of aryl methyl sites for hydroxylation is 1. The highest BCUT2D eigenvalue weighted by atomic mass is 79.9. The predicted molar refractivity (Wildman–Crippen MR) is 96.4 cm³/mol. The van der Waals surface area contributed by atoms with Gasteiger partial charge in [-0.2, -0.15) is 0 Å². The Morgan fingerprint density at radius 1 is 0.950 bits per heavy atom. The number of halogens is 4. The lowest BCUT2D eigenvalue weighted by Gasteiger charge is -2.12. The van der Waals surface area contributed by atoms with E-state index in [1.807, 2.05) is 37.3 Å². The van der Waals surface area contributed by atoms with E-state index in [0.717, 1.165) is 23.5 Å². The summed E-state index contributed by atoms with van der Waals surface area (Å²) < 4.78 is 3.41. The maximum absolute atomic E-state index is 12.4. The lowest BCUT2D eigenvalue weighted by Crippen LogP contribution is -2.14. The van der Waals surface area contributed by atoms with Crippen LogP contribution in [-0.4, -0.2) is 5.91 Å². The second kappa shape index (κ2) is 6.73. The van der Waals surface area contributed by atoms with Crippen LogP contribution in [0.5, 0.6) is 0 Å². The van der Waals surface area contributed by atoms with E-state index in [-0.39, 0.29) is 5.91 Å². The van der Waals surface area contributed by atoms with Crippen molar-refractivity contribution in [3.63, 3.8) is 0 Å². The number of carbonyl (C=O) groups is 1. The number of benzene rings is 2. The molecule has 0 heterocycles. The van der Waals surface area contributed by atoms with Crippen molar-refractivity contribution in [3.05, 3.63) is 59.3 Å². The van der Waals surface area contributed by atoms with Gasteiger partial charge < -0.3 is 5.32 Å². The third-order valence-corrected chi connectivity index (χ3v) is 4.89. The Balaban J connectivity index is 2.35. The minimum atomic E-state index is -0.146. The van der Waals surface area contributed by atoms with Crippen molar-refractivity contribution < 1.29 is 4.79 Å². The van der Waals surface area contributed by atoms with Crippen LogP contribution in [0.25, 0.3) is 0 Å². The second-order valence-corrected chi connectivity index (χ2v) is 7.70. The maximum atomic E-state index is 12.4. The van der Waals surface area contributed by atoms with E-state index in [4.69, 9.17) is 0 Å². The Hall–Kier alpha value is -0.170. The SMILES string of the molecule is Cc1ccc(Br)cc1C(=O)Nc1c(Br)cc(Br)cc1Br. The lowest BCUT2D eigenvalue weighted by atomic mass is 10.1. The Morgan fingerprint density at radius 2 is 1.55 bits per heavy atom. The molecule has 6 heteroatoms. The van der Waals surface area contributed by atoms with Gasteiger partial charge in [0.2, 0.25) is 0 Å². The Morgan fingerprint density at radius 3 is 2.15 bits per heavy atom. The van der Waals surface area contributed by atoms with E-state index in [1.165, 1.54) is 0 Å². The molecule has 0 saturated heterocycles. The summed E-state index contributed by atoms with van der Waals surface area (Å²) >= 11 is 13.7. The van der Waals surface area contributed by atoms with Crippen LogP contribution in [0.1, 0.15) is 15.9 Å². The molecule has 104 valence electrons. The molecule has 0 spiro atoms. The van der Waals surface area contributed by atoms with Crippen LogP contribution in [-0.2, 0) is 0 Å². The van der Waals surface area contributed by atoms with Crippen LogP contribution in [0, 0.1) is 6.92 Å². The molecule has 2 rings (SSSR count). The molecule has 0 radical (unpaired) electrons. The fourth-order valence-corrected chi connectivity index (χ4v) is 4.50. The number of nitrogens with one attached hydrogen (secondary N) is 1. The molecule has 0 saturated carbocycles. The van der Waals surface area contributed by atoms with Crippen molar-refractivity contribution >= 4 is 75.3 Å². The molecule has 2 aromatic carbocycles. The molecule has 2 nitrogen and oxygen atoms in total. The van der Waals surface area contributed by atoms with Crippen molar-refractivity contribution in [1.29, 1.82) is 0 Å². The topological polar surface area (TPSA) is 29.1 Å². The summed E-state index contributed by atoms with van der Waals surface area (Å²) in [5.74, 6) is -0.146. The molecular weight excluding hydrogens is 518 g/mol. The van der Waals surface area contributed by atoms with E-state index in [1.54, 1.807) is 0 Å². The number of amides is 1. The third-order valence-electron chi connectivity index (χ3n) is 2.69.